The summed E-state index contributed by atoms with van der Waals surface area (Å²) in [6.45, 7) is 4.14. The van der Waals surface area contributed by atoms with Crippen LogP contribution in [0, 0.1) is 13.0 Å². The molecule has 6 heteroatoms. The molecule has 0 spiro atoms. The Balaban J connectivity index is 2.01. The molecule has 0 aliphatic rings. The largest absolute Gasteiger partial charge is 0.336 e. The molecule has 0 heterocycles. The lowest BCUT2D eigenvalue weighted by atomic mass is 10.2. The molecule has 0 N–H and O–H groups in total. The lowest BCUT2D eigenvalue weighted by Crippen LogP contribution is -3.85. The van der Waals surface area contributed by atoms with Gasteiger partial charge in [0.05, 0.1) is 0 Å². The second-order valence-electron chi connectivity index (χ2n) is 6.18. The predicted octanol–water partition coefficient (Wildman–Crippen LogP) is 1.94. The molecule has 0 saturated carbocycles. The summed E-state index contributed by atoms with van der Waals surface area (Å²) in [6.07, 6.45) is 1.81. The van der Waals surface area contributed by atoms with E-state index in [4.69, 9.17) is 2.51 Å². The van der Waals surface area contributed by atoms with Crippen LogP contribution in [0.25, 0.3) is 0 Å². The predicted molar refractivity (Wildman–Crippen MR) is 104 cm³/mol. The van der Waals surface area contributed by atoms with E-state index >= 15 is 0 Å². The van der Waals surface area contributed by atoms with Crippen molar-refractivity contribution in [3.8, 4) is 0 Å². The third kappa shape index (κ3) is 4.98. The van der Waals surface area contributed by atoms with Crippen LogP contribution in [-0.4, -0.2) is 8.42 Å². The zero-order chi connectivity index (χ0) is 20.1. The van der Waals surface area contributed by atoms with Crippen LogP contribution >= 0.6 is 0 Å². The quantitative estimate of drug-likeness (QED) is 0.455. The van der Waals surface area contributed by atoms with E-state index < -0.39 is 36.2 Å². The fraction of sp³-hybridized carbons (Fsp3) is 0.182. The zero-order valence-electron chi connectivity index (χ0n) is 15.7. The van der Waals surface area contributed by atoms with Crippen LogP contribution in [0.2, 0.25) is 0 Å². The number of aryl methyl sites for hydroxylation is 2. The lowest BCUT2D eigenvalue weighted by Gasteiger charge is -2.07. The molecule has 0 aliphatic heterocycles. The molecule has 0 atom stereocenters. The van der Waals surface area contributed by atoms with Crippen molar-refractivity contribution in [3.63, 3.8) is 0 Å². The molecule has 0 aromatic heterocycles. The average molecular weight is 512 g/mol. The average Bonchev–Trinajstić information content (AvgIpc) is 2.72. The molecule has 28 heavy (non-hydrogen) atoms. The van der Waals surface area contributed by atoms with Gasteiger partial charge in [-0.2, -0.15) is 8.42 Å². The molecule has 3 rings (SSSR count). The maximum Gasteiger partial charge on any atom is 0.336 e. The van der Waals surface area contributed by atoms with Gasteiger partial charge in [-0.25, -0.2) is 4.39 Å². The van der Waals surface area contributed by atoms with Crippen molar-refractivity contribution in [2.75, 3.05) is 0 Å². The van der Waals surface area contributed by atoms with Gasteiger partial charge in [-0.15, -0.1) is 0 Å². The van der Waals surface area contributed by atoms with Gasteiger partial charge in [0, 0.05) is 0 Å². The van der Waals surface area contributed by atoms with Crippen LogP contribution in [0.15, 0.2) is 77.7 Å². The minimum absolute atomic E-state index is 0.162. The summed E-state index contributed by atoms with van der Waals surface area (Å²) in [5, 5.41) is 0. The van der Waals surface area contributed by atoms with Crippen molar-refractivity contribution in [2.45, 2.75) is 31.6 Å². The van der Waals surface area contributed by atoms with E-state index in [0.29, 0.717) is 0 Å². The first-order valence-electron chi connectivity index (χ1n) is 9.01. The SMILES string of the molecule is CCc1ccc([I+](OS(=O)(=O)c2cccc(F)c2)c2ccc(CC)cc2)cc1. The van der Waals surface area contributed by atoms with Gasteiger partial charge in [-0.1, -0.05) is 44.2 Å². The highest BCUT2D eigenvalue weighted by Crippen LogP contribution is 2.11. The molecule has 0 aliphatic carbocycles. The molecular formula is C22H22FIO3S+. The first-order valence-corrected chi connectivity index (χ1v) is 13.5. The number of benzene rings is 3. The minimum Gasteiger partial charge on any atom is -0.207 e. The van der Waals surface area contributed by atoms with Gasteiger partial charge in [-0.05, 0) is 68.9 Å². The Morgan fingerprint density at radius 2 is 1.32 bits per heavy atom. The van der Waals surface area contributed by atoms with Crippen molar-refractivity contribution in [1.82, 2.24) is 0 Å². The Labute approximate surface area is 173 Å². The fourth-order valence-electron chi connectivity index (χ4n) is 2.61. The van der Waals surface area contributed by atoms with Crippen LogP contribution in [0.4, 0.5) is 4.39 Å². The summed E-state index contributed by atoms with van der Waals surface area (Å²) >= 11 is -2.75. The van der Waals surface area contributed by atoms with E-state index in [0.717, 1.165) is 26.0 Å². The maximum absolute atomic E-state index is 13.5. The first-order chi connectivity index (χ1) is 13.4. The molecular weight excluding hydrogens is 490 g/mol. The normalized spacial score (nSPS) is 11.7. The van der Waals surface area contributed by atoms with Gasteiger partial charge < -0.3 is 0 Å². The number of hydrogen-bond donors (Lipinski definition) is 0. The molecule has 0 amide bonds. The maximum atomic E-state index is 13.5. The standard InChI is InChI=1S/C22H22FIO3S/c1-3-17-8-12-20(13-9-17)24(21-14-10-18(4-2)11-15-21)27-28(25,26)22-7-5-6-19(23)16-22/h5-16H,3-4H2,1-2H3/q+1. The molecule has 0 unspecified atom stereocenters. The van der Waals surface area contributed by atoms with E-state index in [1.165, 1.54) is 29.3 Å². The summed E-state index contributed by atoms with van der Waals surface area (Å²) in [5.74, 6) is -0.607. The highest BCUT2D eigenvalue weighted by atomic mass is 127. The Kier molecular flexibility index (Phi) is 6.85. The molecule has 3 nitrogen and oxygen atoms in total. The van der Waals surface area contributed by atoms with Crippen LogP contribution < -0.4 is 20.2 Å². The van der Waals surface area contributed by atoms with Gasteiger partial charge in [0.1, 0.15) is 10.7 Å². The third-order valence-electron chi connectivity index (χ3n) is 4.27. The van der Waals surface area contributed by atoms with Crippen molar-refractivity contribution < 1.29 is 35.6 Å². The van der Waals surface area contributed by atoms with E-state index in [9.17, 15) is 12.8 Å². The highest BCUT2D eigenvalue weighted by Gasteiger charge is 2.37. The smallest absolute Gasteiger partial charge is 0.207 e. The van der Waals surface area contributed by atoms with Crippen LogP contribution in [0.3, 0.4) is 0 Å². The van der Waals surface area contributed by atoms with Crippen molar-refractivity contribution in [3.05, 3.63) is 96.9 Å². The Morgan fingerprint density at radius 3 is 1.75 bits per heavy atom. The van der Waals surface area contributed by atoms with Crippen LogP contribution in [0.1, 0.15) is 25.0 Å². The first kappa shape index (κ1) is 21.0. The highest BCUT2D eigenvalue weighted by molar-refractivity contribution is 7.86. The number of halogens is 2. The zero-order valence-corrected chi connectivity index (χ0v) is 18.7. The van der Waals surface area contributed by atoms with Crippen molar-refractivity contribution in [1.29, 1.82) is 0 Å². The van der Waals surface area contributed by atoms with E-state index in [1.54, 1.807) is 0 Å². The van der Waals surface area contributed by atoms with E-state index in [2.05, 4.69) is 13.8 Å². The molecule has 3 aromatic carbocycles. The minimum atomic E-state index is -4.08. The summed E-state index contributed by atoms with van der Waals surface area (Å²) in [4.78, 5) is -0.162. The van der Waals surface area contributed by atoms with Gasteiger partial charge in [0.2, 0.25) is 0 Å². The molecule has 1 radical (unpaired) electrons. The van der Waals surface area contributed by atoms with Gasteiger partial charge in [0.25, 0.3) is 0 Å². The third-order valence-corrected chi connectivity index (χ3v) is 11.6. The second-order valence-corrected chi connectivity index (χ2v) is 12.7. The summed E-state index contributed by atoms with van der Waals surface area (Å²) < 4.78 is 46.7. The topological polar surface area (TPSA) is 43.4 Å². The van der Waals surface area contributed by atoms with Crippen molar-refractivity contribution in [2.24, 2.45) is 0 Å². The van der Waals surface area contributed by atoms with Crippen molar-refractivity contribution >= 4 is 10.1 Å². The van der Waals surface area contributed by atoms with Gasteiger partial charge in [0.15, 0.2) is 7.14 Å². The van der Waals surface area contributed by atoms with Gasteiger partial charge in [-0.3, -0.25) is 0 Å². The van der Waals surface area contributed by atoms with Gasteiger partial charge >= 0.3 is 30.4 Å². The Bertz CT molecular complexity index is 985. The molecule has 147 valence electrons. The Morgan fingerprint density at radius 1 is 0.821 bits per heavy atom. The number of hydrogen-bond acceptors (Lipinski definition) is 3. The number of rotatable bonds is 7. The summed E-state index contributed by atoms with van der Waals surface area (Å²) in [7, 11) is -4.08. The van der Waals surface area contributed by atoms with E-state index in [1.807, 2.05) is 48.5 Å². The molecule has 3 aromatic rings. The van der Waals surface area contributed by atoms with Crippen LogP contribution in [0.5, 0.6) is 0 Å². The van der Waals surface area contributed by atoms with E-state index in [-0.39, 0.29) is 4.90 Å². The molecule has 0 fully saturated rings. The summed E-state index contributed by atoms with van der Waals surface area (Å²) in [5.41, 5.74) is 2.35. The Hall–Kier alpha value is -1.77. The van der Waals surface area contributed by atoms with Crippen LogP contribution in [-0.2, 0) is 25.5 Å². The monoisotopic (exact) mass is 512 g/mol. The second kappa shape index (κ2) is 9.15. The molecule has 0 saturated heterocycles. The molecule has 0 bridgehead atoms. The summed E-state index contributed by atoms with van der Waals surface area (Å²) in [6, 6.07) is 20.7. The lowest BCUT2D eigenvalue weighted by molar-refractivity contribution is -1.03. The fourth-order valence-corrected chi connectivity index (χ4v) is 9.53.